The lowest BCUT2D eigenvalue weighted by Gasteiger charge is -2.12. The molecule has 3 aromatic heterocycles. The van der Waals surface area contributed by atoms with Crippen LogP contribution < -0.4 is 5.32 Å². The Morgan fingerprint density at radius 2 is 1.96 bits per heavy atom. The molecule has 1 aliphatic rings. The Labute approximate surface area is 163 Å². The van der Waals surface area contributed by atoms with Gasteiger partial charge in [0.05, 0.1) is 0 Å². The Morgan fingerprint density at radius 3 is 2.64 bits per heavy atom. The average Bonchev–Trinajstić information content (AvgIpc) is 3.44. The Hall–Kier alpha value is -2.82. The van der Waals surface area contributed by atoms with Crippen LogP contribution in [0.25, 0.3) is 11.4 Å². The zero-order valence-electron chi connectivity index (χ0n) is 14.6. The largest absolute Gasteiger partial charge is 0.433 e. The molecule has 3 heterocycles. The summed E-state index contributed by atoms with van der Waals surface area (Å²) in [6, 6.07) is 4.40. The third-order valence-electron chi connectivity index (χ3n) is 4.30. The maximum Gasteiger partial charge on any atom is 0.433 e. The van der Waals surface area contributed by atoms with Crippen molar-refractivity contribution in [3.8, 4) is 11.4 Å². The normalized spacial score (nSPS) is 14.2. The molecule has 1 fully saturated rings. The fourth-order valence-electron chi connectivity index (χ4n) is 2.84. The number of aromatic nitrogens is 6. The Morgan fingerprint density at radius 1 is 1.21 bits per heavy atom. The predicted octanol–water partition coefficient (Wildman–Crippen LogP) is 3.80. The van der Waals surface area contributed by atoms with E-state index < -0.39 is 11.9 Å². The van der Waals surface area contributed by atoms with Gasteiger partial charge >= 0.3 is 6.18 Å². The van der Waals surface area contributed by atoms with Crippen molar-refractivity contribution in [1.29, 1.82) is 0 Å². The van der Waals surface area contributed by atoms with Crippen LogP contribution in [0.1, 0.15) is 30.4 Å². The summed E-state index contributed by atoms with van der Waals surface area (Å²) in [6.45, 7) is 0.358. The smallest absolute Gasteiger partial charge is 0.369 e. The van der Waals surface area contributed by atoms with E-state index in [4.69, 9.17) is 12.2 Å². The van der Waals surface area contributed by atoms with Crippen molar-refractivity contribution < 1.29 is 13.2 Å². The summed E-state index contributed by atoms with van der Waals surface area (Å²) >= 11 is 5.24. The van der Waals surface area contributed by atoms with Crippen molar-refractivity contribution in [2.75, 3.05) is 11.9 Å². The number of pyridine rings is 1. The van der Waals surface area contributed by atoms with Crippen LogP contribution in [0.5, 0.6) is 0 Å². The van der Waals surface area contributed by atoms with Crippen molar-refractivity contribution >= 4 is 18.0 Å². The van der Waals surface area contributed by atoms with Gasteiger partial charge in [0.15, 0.2) is 16.3 Å². The third-order valence-corrected chi connectivity index (χ3v) is 4.59. The molecule has 0 aliphatic heterocycles. The zero-order chi connectivity index (χ0) is 19.7. The van der Waals surface area contributed by atoms with Gasteiger partial charge in [-0.2, -0.15) is 18.3 Å². The van der Waals surface area contributed by atoms with E-state index in [1.165, 1.54) is 12.4 Å². The quantitative estimate of drug-likeness (QED) is 0.605. The van der Waals surface area contributed by atoms with Crippen molar-refractivity contribution in [3.05, 3.63) is 46.9 Å². The molecule has 11 heteroatoms. The molecule has 0 aromatic carbocycles. The molecule has 0 spiro atoms. The molecule has 7 nitrogen and oxygen atoms in total. The highest BCUT2D eigenvalue weighted by Gasteiger charge is 2.34. The summed E-state index contributed by atoms with van der Waals surface area (Å²) < 4.78 is 42.3. The maximum absolute atomic E-state index is 13.2. The molecule has 2 N–H and O–H groups in total. The molecule has 0 unspecified atom stereocenters. The summed E-state index contributed by atoms with van der Waals surface area (Å²) in [6.07, 6.45) is 1.00. The van der Waals surface area contributed by atoms with Crippen molar-refractivity contribution in [1.82, 2.24) is 29.7 Å². The molecule has 0 atom stereocenters. The molecule has 3 aromatic rings. The third kappa shape index (κ3) is 4.03. The Kier molecular flexibility index (Phi) is 4.84. The summed E-state index contributed by atoms with van der Waals surface area (Å²) in [5.74, 6) is 0.862. The first-order valence-corrected chi connectivity index (χ1v) is 9.09. The number of alkyl halides is 3. The molecule has 1 aliphatic carbocycles. The van der Waals surface area contributed by atoms with Crippen LogP contribution >= 0.6 is 12.2 Å². The number of aromatic amines is 1. The highest BCUT2D eigenvalue weighted by Crippen LogP contribution is 2.36. The van der Waals surface area contributed by atoms with E-state index in [1.54, 1.807) is 12.1 Å². The maximum atomic E-state index is 13.2. The van der Waals surface area contributed by atoms with Crippen LogP contribution in [0.3, 0.4) is 0 Å². The first-order chi connectivity index (χ1) is 13.4. The molecule has 28 heavy (non-hydrogen) atoms. The minimum absolute atomic E-state index is 0.0135. The second-order valence-electron chi connectivity index (χ2n) is 6.42. The van der Waals surface area contributed by atoms with Crippen LogP contribution in [0.4, 0.5) is 19.0 Å². The van der Waals surface area contributed by atoms with Crippen LogP contribution in [0, 0.1) is 4.77 Å². The van der Waals surface area contributed by atoms with Crippen molar-refractivity contribution in [3.63, 3.8) is 0 Å². The Balaban J connectivity index is 1.55. The van der Waals surface area contributed by atoms with Crippen molar-refractivity contribution in [2.24, 2.45) is 0 Å². The highest BCUT2D eigenvalue weighted by atomic mass is 32.1. The van der Waals surface area contributed by atoms with E-state index >= 15 is 0 Å². The van der Waals surface area contributed by atoms with Gasteiger partial charge in [0.25, 0.3) is 0 Å². The second-order valence-corrected chi connectivity index (χ2v) is 6.81. The van der Waals surface area contributed by atoms with E-state index in [-0.39, 0.29) is 11.6 Å². The number of hydrogen-bond acceptors (Lipinski definition) is 6. The predicted molar refractivity (Wildman–Crippen MR) is 98.1 cm³/mol. The van der Waals surface area contributed by atoms with Gasteiger partial charge in [-0.05, 0) is 37.2 Å². The van der Waals surface area contributed by atoms with Crippen LogP contribution in [-0.4, -0.2) is 36.3 Å². The fourth-order valence-corrected chi connectivity index (χ4v) is 3.14. The first kappa shape index (κ1) is 18.5. The summed E-state index contributed by atoms with van der Waals surface area (Å²) in [7, 11) is 0. The number of halogens is 3. The van der Waals surface area contributed by atoms with Gasteiger partial charge < -0.3 is 9.88 Å². The number of nitrogens with zero attached hydrogens (tertiary/aromatic N) is 5. The average molecular weight is 407 g/mol. The molecule has 4 rings (SSSR count). The monoisotopic (exact) mass is 407 g/mol. The Bertz CT molecular complexity index is 1030. The molecule has 0 radical (unpaired) electrons. The fraction of sp³-hybridized carbons (Fsp3) is 0.353. The number of H-pyrrole nitrogens is 1. The summed E-state index contributed by atoms with van der Waals surface area (Å²) in [5.41, 5.74) is -0.545. The van der Waals surface area contributed by atoms with E-state index in [9.17, 15) is 13.2 Å². The number of nitrogens with one attached hydrogen (secondary N) is 2. The van der Waals surface area contributed by atoms with E-state index in [0.717, 1.165) is 24.7 Å². The molecular formula is C17H16F3N7S. The SMILES string of the molecule is FC(F)(F)c1cc(NCCc2n[nH]c(=S)n2C2CC2)nc(-c2ccncc2)n1. The van der Waals surface area contributed by atoms with Gasteiger partial charge in [0.2, 0.25) is 0 Å². The van der Waals surface area contributed by atoms with Gasteiger partial charge in [-0.1, -0.05) is 0 Å². The first-order valence-electron chi connectivity index (χ1n) is 8.68. The van der Waals surface area contributed by atoms with Crippen LogP contribution in [0.15, 0.2) is 30.6 Å². The van der Waals surface area contributed by atoms with Gasteiger partial charge in [-0.15, -0.1) is 0 Å². The van der Waals surface area contributed by atoms with Crippen molar-refractivity contribution in [2.45, 2.75) is 31.5 Å². The molecule has 0 amide bonds. The number of anilines is 1. The highest BCUT2D eigenvalue weighted by molar-refractivity contribution is 7.71. The molecule has 1 saturated carbocycles. The van der Waals surface area contributed by atoms with E-state index in [1.807, 2.05) is 4.57 Å². The second kappa shape index (κ2) is 7.30. The van der Waals surface area contributed by atoms with E-state index in [2.05, 4.69) is 30.5 Å². The van der Waals surface area contributed by atoms with Crippen LogP contribution in [-0.2, 0) is 12.6 Å². The molecule has 0 bridgehead atoms. The number of rotatable bonds is 6. The summed E-state index contributed by atoms with van der Waals surface area (Å²) in [4.78, 5) is 11.7. The van der Waals surface area contributed by atoms with E-state index in [0.29, 0.717) is 29.3 Å². The summed E-state index contributed by atoms with van der Waals surface area (Å²) in [5, 5.41) is 9.93. The van der Waals surface area contributed by atoms with Gasteiger partial charge in [0.1, 0.15) is 11.6 Å². The molecular weight excluding hydrogens is 391 g/mol. The topological polar surface area (TPSA) is 84.3 Å². The molecule has 0 saturated heterocycles. The minimum Gasteiger partial charge on any atom is -0.369 e. The minimum atomic E-state index is -4.57. The van der Waals surface area contributed by atoms with Gasteiger partial charge in [0, 0.05) is 43.0 Å². The van der Waals surface area contributed by atoms with Crippen LogP contribution in [0.2, 0.25) is 0 Å². The van der Waals surface area contributed by atoms with Gasteiger partial charge in [-0.3, -0.25) is 10.1 Å². The lowest BCUT2D eigenvalue weighted by molar-refractivity contribution is -0.141. The lowest BCUT2D eigenvalue weighted by Crippen LogP contribution is -2.14. The standard InChI is InChI=1S/C17H16F3N7S/c18-17(19,20)12-9-13(24-15(23-12)10-3-6-21-7-4-10)22-8-5-14-25-26-16(28)27(14)11-1-2-11/h3-4,6-7,9,11H,1-2,5,8H2,(H,26,28)(H,22,23,24). The number of hydrogen-bond donors (Lipinski definition) is 2. The zero-order valence-corrected chi connectivity index (χ0v) is 15.4. The van der Waals surface area contributed by atoms with Gasteiger partial charge in [-0.25, -0.2) is 9.97 Å². The molecule has 146 valence electrons. The lowest BCUT2D eigenvalue weighted by atomic mass is 10.2.